The maximum Gasteiger partial charge on any atom is 0.407 e. The summed E-state index contributed by atoms with van der Waals surface area (Å²) in [4.78, 5) is 36.1. The molecule has 0 unspecified atom stereocenters. The van der Waals surface area contributed by atoms with E-state index < -0.39 is 12.1 Å². The van der Waals surface area contributed by atoms with Crippen LogP contribution in [-0.2, 0) is 14.3 Å². The van der Waals surface area contributed by atoms with Gasteiger partial charge < -0.3 is 20.5 Å². The number of carbonyl (C=O) groups excluding carboxylic acids is 2. The number of hydrogen-bond acceptors (Lipinski definition) is 4. The molecule has 0 radical (unpaired) electrons. The quantitative estimate of drug-likeness (QED) is 0.579. The highest BCUT2D eigenvalue weighted by Gasteiger charge is 2.43. The highest BCUT2D eigenvalue weighted by atomic mass is 16.5. The van der Waals surface area contributed by atoms with Gasteiger partial charge >= 0.3 is 12.1 Å². The number of amides is 2. The number of carbonyl (C=O) groups is 3. The van der Waals surface area contributed by atoms with Gasteiger partial charge in [-0.15, -0.1) is 0 Å². The van der Waals surface area contributed by atoms with Gasteiger partial charge in [0.15, 0.2) is 0 Å². The summed E-state index contributed by atoms with van der Waals surface area (Å²) in [6.07, 6.45) is 3.21. The molecule has 178 valence electrons. The van der Waals surface area contributed by atoms with E-state index in [0.717, 1.165) is 19.3 Å². The summed E-state index contributed by atoms with van der Waals surface area (Å²) in [5, 5.41) is 14.9. The predicted octanol–water partition coefficient (Wildman–Crippen LogP) is 3.92. The molecule has 2 saturated carbocycles. The van der Waals surface area contributed by atoms with Gasteiger partial charge in [0.05, 0.1) is 5.92 Å². The zero-order valence-electron chi connectivity index (χ0n) is 19.0. The largest absolute Gasteiger partial charge is 0.481 e. The molecular formula is C27H30N2O5. The summed E-state index contributed by atoms with van der Waals surface area (Å²) in [6.45, 7) is 0.680. The third-order valence-corrected chi connectivity index (χ3v) is 7.49. The van der Waals surface area contributed by atoms with Crippen molar-refractivity contribution in [3.05, 3.63) is 59.7 Å². The minimum atomic E-state index is -0.788. The molecular weight excluding hydrogens is 432 g/mol. The van der Waals surface area contributed by atoms with Gasteiger partial charge in [-0.3, -0.25) is 9.59 Å². The van der Waals surface area contributed by atoms with Gasteiger partial charge in [0.2, 0.25) is 5.91 Å². The van der Waals surface area contributed by atoms with Crippen LogP contribution >= 0.6 is 0 Å². The van der Waals surface area contributed by atoms with Crippen molar-refractivity contribution in [1.29, 1.82) is 0 Å². The molecule has 3 aliphatic rings. The van der Waals surface area contributed by atoms with E-state index in [9.17, 15) is 14.4 Å². The van der Waals surface area contributed by atoms with E-state index in [4.69, 9.17) is 9.84 Å². The number of fused-ring (bicyclic) bond motifs is 3. The molecule has 0 spiro atoms. The summed E-state index contributed by atoms with van der Waals surface area (Å²) >= 11 is 0. The second-order valence-electron chi connectivity index (χ2n) is 9.72. The van der Waals surface area contributed by atoms with Crippen LogP contribution in [0.5, 0.6) is 0 Å². The minimum absolute atomic E-state index is 0.0140. The Morgan fingerprint density at radius 3 is 2.26 bits per heavy atom. The summed E-state index contributed by atoms with van der Waals surface area (Å²) in [5.41, 5.74) is 4.72. The number of nitrogens with one attached hydrogen (secondary N) is 2. The SMILES string of the molecule is O=C(N[C@H]1CCC[C@@H](C(=O)NC[C@H]2C[C@H]2C(=O)O)C1)OCC1c2ccccc2-c2ccccc21. The Hall–Kier alpha value is -3.35. The molecule has 0 saturated heterocycles. The normalized spacial score (nSPS) is 25.1. The van der Waals surface area contributed by atoms with Gasteiger partial charge in [0, 0.05) is 24.4 Å². The van der Waals surface area contributed by atoms with Crippen LogP contribution in [-0.4, -0.2) is 42.3 Å². The van der Waals surface area contributed by atoms with Gasteiger partial charge in [-0.05, 0) is 53.9 Å². The van der Waals surface area contributed by atoms with Crippen molar-refractivity contribution in [3.8, 4) is 11.1 Å². The highest BCUT2D eigenvalue weighted by Crippen LogP contribution is 2.44. The average molecular weight is 463 g/mol. The molecule has 7 heteroatoms. The predicted molar refractivity (Wildman–Crippen MR) is 126 cm³/mol. The Morgan fingerprint density at radius 1 is 0.941 bits per heavy atom. The summed E-state index contributed by atoms with van der Waals surface area (Å²) < 4.78 is 5.65. The molecule has 7 nitrogen and oxygen atoms in total. The fraction of sp³-hybridized carbons (Fsp3) is 0.444. The zero-order chi connectivity index (χ0) is 23.7. The second-order valence-corrected chi connectivity index (χ2v) is 9.72. The van der Waals surface area contributed by atoms with Gasteiger partial charge in [-0.25, -0.2) is 4.79 Å². The van der Waals surface area contributed by atoms with Crippen molar-refractivity contribution in [2.24, 2.45) is 17.8 Å². The van der Waals surface area contributed by atoms with Crippen LogP contribution in [0.25, 0.3) is 11.1 Å². The number of carboxylic acids is 1. The molecule has 34 heavy (non-hydrogen) atoms. The fourth-order valence-corrected chi connectivity index (χ4v) is 5.52. The summed E-state index contributed by atoms with van der Waals surface area (Å²) in [5.74, 6) is -1.27. The first-order valence-electron chi connectivity index (χ1n) is 12.1. The first kappa shape index (κ1) is 22.4. The average Bonchev–Trinajstić information content (AvgIpc) is 3.57. The Morgan fingerprint density at radius 2 is 1.62 bits per heavy atom. The van der Waals surface area contributed by atoms with E-state index in [1.807, 2.05) is 24.3 Å². The van der Waals surface area contributed by atoms with E-state index in [1.165, 1.54) is 22.3 Å². The first-order chi connectivity index (χ1) is 16.5. The van der Waals surface area contributed by atoms with E-state index in [-0.39, 0.29) is 42.2 Å². The number of benzene rings is 2. The number of aliphatic carboxylic acids is 1. The van der Waals surface area contributed by atoms with Gasteiger partial charge in [-0.1, -0.05) is 55.0 Å². The maximum atomic E-state index is 12.6. The summed E-state index contributed by atoms with van der Waals surface area (Å²) in [6, 6.07) is 16.4. The molecule has 2 fully saturated rings. The zero-order valence-corrected chi connectivity index (χ0v) is 19.0. The van der Waals surface area contributed by atoms with Crippen LogP contribution in [0.15, 0.2) is 48.5 Å². The van der Waals surface area contributed by atoms with Crippen LogP contribution in [0, 0.1) is 17.8 Å². The van der Waals surface area contributed by atoms with E-state index in [0.29, 0.717) is 19.4 Å². The Labute approximate surface area is 198 Å². The molecule has 3 aliphatic carbocycles. The van der Waals surface area contributed by atoms with Crippen molar-refractivity contribution in [3.63, 3.8) is 0 Å². The number of alkyl carbamates (subject to hydrolysis) is 1. The number of rotatable bonds is 7. The molecule has 4 atom stereocenters. The summed E-state index contributed by atoms with van der Waals surface area (Å²) in [7, 11) is 0. The van der Waals surface area contributed by atoms with Crippen molar-refractivity contribution >= 4 is 18.0 Å². The Bertz CT molecular complexity index is 1050. The van der Waals surface area contributed by atoms with Crippen LogP contribution in [0.4, 0.5) is 4.79 Å². The van der Waals surface area contributed by atoms with Gasteiger partial charge in [0.1, 0.15) is 6.61 Å². The molecule has 2 amide bonds. The molecule has 0 aromatic heterocycles. The molecule has 3 N–H and O–H groups in total. The third kappa shape index (κ3) is 4.65. The number of carboxylic acid groups (broad SMARTS) is 1. The molecule has 5 rings (SSSR count). The lowest BCUT2D eigenvalue weighted by Gasteiger charge is -2.29. The monoisotopic (exact) mass is 462 g/mol. The molecule has 2 aromatic carbocycles. The van der Waals surface area contributed by atoms with Crippen LogP contribution in [0.2, 0.25) is 0 Å². The number of ether oxygens (including phenoxy) is 1. The fourth-order valence-electron chi connectivity index (χ4n) is 5.52. The third-order valence-electron chi connectivity index (χ3n) is 7.49. The first-order valence-corrected chi connectivity index (χ1v) is 12.1. The van der Waals surface area contributed by atoms with Gasteiger partial charge in [0.25, 0.3) is 0 Å². The number of hydrogen-bond donors (Lipinski definition) is 3. The van der Waals surface area contributed by atoms with Crippen molar-refractivity contribution < 1.29 is 24.2 Å². The van der Waals surface area contributed by atoms with E-state index in [1.54, 1.807) is 0 Å². The molecule has 2 aromatic rings. The lowest BCUT2D eigenvalue weighted by Crippen LogP contribution is -2.43. The lowest BCUT2D eigenvalue weighted by molar-refractivity contribution is -0.139. The van der Waals surface area contributed by atoms with Crippen molar-refractivity contribution in [1.82, 2.24) is 10.6 Å². The van der Waals surface area contributed by atoms with E-state index >= 15 is 0 Å². The lowest BCUT2D eigenvalue weighted by atomic mass is 9.85. The van der Waals surface area contributed by atoms with Crippen LogP contribution < -0.4 is 10.6 Å². The Balaban J connectivity index is 1.11. The van der Waals surface area contributed by atoms with Gasteiger partial charge in [-0.2, -0.15) is 0 Å². The molecule has 0 heterocycles. The highest BCUT2D eigenvalue weighted by molar-refractivity contribution is 5.80. The van der Waals surface area contributed by atoms with Crippen molar-refractivity contribution in [2.75, 3.05) is 13.2 Å². The van der Waals surface area contributed by atoms with E-state index in [2.05, 4.69) is 34.9 Å². The molecule has 0 aliphatic heterocycles. The topological polar surface area (TPSA) is 105 Å². The standard InChI is InChI=1S/C27H30N2O5/c30-25(28-14-17-13-23(17)26(31)32)16-6-5-7-18(12-16)29-27(33)34-15-24-21-10-3-1-8-19(21)20-9-2-4-11-22(20)24/h1-4,8-11,16-18,23-24H,5-7,12-15H2,(H,28,30)(H,29,33)(H,31,32)/t16-,17-,18+,23-/m1/s1. The minimum Gasteiger partial charge on any atom is -0.481 e. The van der Waals surface area contributed by atoms with Crippen LogP contribution in [0.1, 0.15) is 49.1 Å². The second kappa shape index (κ2) is 9.49. The Kier molecular flexibility index (Phi) is 6.26. The smallest absolute Gasteiger partial charge is 0.407 e. The van der Waals surface area contributed by atoms with Crippen molar-refractivity contribution in [2.45, 2.75) is 44.1 Å². The van der Waals surface area contributed by atoms with Crippen LogP contribution in [0.3, 0.4) is 0 Å². The maximum absolute atomic E-state index is 12.6. The molecule has 0 bridgehead atoms.